The Morgan fingerprint density at radius 2 is 2.05 bits per heavy atom. The van der Waals surface area contributed by atoms with Gasteiger partial charge in [-0.25, -0.2) is 8.42 Å². The molecule has 3 N–H and O–H groups in total. The lowest BCUT2D eigenvalue weighted by Crippen LogP contribution is -2.65. The average molecular weight is 312 g/mol. The van der Waals surface area contributed by atoms with E-state index >= 15 is 0 Å². The van der Waals surface area contributed by atoms with Crippen molar-refractivity contribution in [2.75, 3.05) is 6.54 Å². The van der Waals surface area contributed by atoms with Crippen molar-refractivity contribution in [3.8, 4) is 0 Å². The van der Waals surface area contributed by atoms with E-state index in [-0.39, 0.29) is 11.4 Å². The lowest BCUT2D eigenvalue weighted by atomic mass is 10.0. The number of pyridine rings is 1. The summed E-state index contributed by atoms with van der Waals surface area (Å²) in [5.74, 6) is -1.32. The van der Waals surface area contributed by atoms with Gasteiger partial charge < -0.3 is 5.73 Å². The van der Waals surface area contributed by atoms with Crippen LogP contribution in [0.15, 0.2) is 23.2 Å². The number of carbonyl (C=O) groups excluding carboxylic acids is 2. The van der Waals surface area contributed by atoms with Crippen molar-refractivity contribution in [1.29, 1.82) is 0 Å². The van der Waals surface area contributed by atoms with Crippen molar-refractivity contribution < 1.29 is 18.0 Å². The molecule has 0 aliphatic carbocycles. The first-order chi connectivity index (χ1) is 9.69. The zero-order chi connectivity index (χ0) is 15.8. The molecule has 0 saturated carbocycles. The summed E-state index contributed by atoms with van der Waals surface area (Å²) in [6.45, 7) is 2.65. The lowest BCUT2D eigenvalue weighted by molar-refractivity contribution is -0.141. The van der Waals surface area contributed by atoms with Gasteiger partial charge in [0.15, 0.2) is 0 Å². The van der Waals surface area contributed by atoms with Crippen molar-refractivity contribution in [2.24, 2.45) is 5.73 Å². The van der Waals surface area contributed by atoms with Crippen molar-refractivity contribution >= 4 is 21.8 Å². The Morgan fingerprint density at radius 1 is 1.38 bits per heavy atom. The quantitative estimate of drug-likeness (QED) is 0.688. The van der Waals surface area contributed by atoms with Crippen molar-refractivity contribution in [2.45, 2.75) is 30.8 Å². The molecule has 0 aromatic carbocycles. The number of rotatable bonds is 3. The number of nitrogens with one attached hydrogen (secondary N) is 1. The molecule has 1 fully saturated rings. The molecule has 8 nitrogen and oxygen atoms in total. The number of aromatic nitrogens is 1. The molecule has 1 aliphatic heterocycles. The normalized spacial score (nSPS) is 19.4. The molecule has 9 heteroatoms. The fourth-order valence-corrected chi connectivity index (χ4v) is 3.61. The molecule has 0 radical (unpaired) electrons. The number of hydrogen-bond donors (Lipinski definition) is 2. The number of sulfonamides is 1. The van der Waals surface area contributed by atoms with Gasteiger partial charge in [0.2, 0.25) is 21.8 Å². The second kappa shape index (κ2) is 5.17. The minimum Gasteiger partial charge on any atom is -0.325 e. The van der Waals surface area contributed by atoms with Crippen LogP contribution in [0.2, 0.25) is 0 Å². The van der Waals surface area contributed by atoms with Gasteiger partial charge in [0.25, 0.3) is 0 Å². The number of amides is 2. The second-order valence-corrected chi connectivity index (χ2v) is 7.00. The fraction of sp³-hybridized carbons (Fsp3) is 0.417. The minimum absolute atomic E-state index is 0.0877. The second-order valence-electron chi connectivity index (χ2n) is 5.14. The molecular weight excluding hydrogens is 296 g/mol. The average Bonchev–Trinajstić information content (AvgIpc) is 2.43. The van der Waals surface area contributed by atoms with E-state index in [1.54, 1.807) is 0 Å². The largest absolute Gasteiger partial charge is 0.325 e. The first-order valence-electron chi connectivity index (χ1n) is 6.21. The van der Waals surface area contributed by atoms with Gasteiger partial charge in [-0.1, -0.05) is 0 Å². The summed E-state index contributed by atoms with van der Waals surface area (Å²) in [6, 6.07) is 2.85. The van der Waals surface area contributed by atoms with Gasteiger partial charge in [-0.05, 0) is 26.0 Å². The first kappa shape index (κ1) is 15.5. The highest BCUT2D eigenvalue weighted by atomic mass is 32.2. The molecule has 0 bridgehead atoms. The summed E-state index contributed by atoms with van der Waals surface area (Å²) in [5, 5.41) is 2.13. The molecule has 1 saturated heterocycles. The summed E-state index contributed by atoms with van der Waals surface area (Å²) in [6.07, 6.45) is 1.17. The van der Waals surface area contributed by atoms with Crippen LogP contribution in [0, 0.1) is 0 Å². The molecule has 2 heterocycles. The van der Waals surface area contributed by atoms with Gasteiger partial charge in [0, 0.05) is 12.7 Å². The van der Waals surface area contributed by atoms with E-state index in [1.165, 1.54) is 32.2 Å². The Kier molecular flexibility index (Phi) is 3.83. The highest BCUT2D eigenvalue weighted by molar-refractivity contribution is 7.89. The summed E-state index contributed by atoms with van der Waals surface area (Å²) in [7, 11) is -4.01. The maximum absolute atomic E-state index is 12.6. The molecule has 2 rings (SSSR count). The van der Waals surface area contributed by atoms with E-state index in [1.807, 2.05) is 0 Å². The zero-order valence-corrected chi connectivity index (χ0v) is 12.5. The molecule has 21 heavy (non-hydrogen) atoms. The van der Waals surface area contributed by atoms with Gasteiger partial charge in [-0.2, -0.15) is 4.31 Å². The van der Waals surface area contributed by atoms with Crippen LogP contribution >= 0.6 is 0 Å². The molecular formula is C12H16N4O4S. The SMILES string of the molecule is CC1(C)C(=O)NC(=O)CN1S(=O)(=O)c1ccc(CN)nc1. The van der Waals surface area contributed by atoms with E-state index in [0.29, 0.717) is 5.69 Å². The third-order valence-corrected chi connectivity index (χ3v) is 5.32. The Balaban J connectivity index is 2.45. The molecule has 0 spiro atoms. The van der Waals surface area contributed by atoms with Crippen LogP contribution < -0.4 is 11.1 Å². The molecule has 1 aromatic heterocycles. The maximum atomic E-state index is 12.6. The first-order valence-corrected chi connectivity index (χ1v) is 7.65. The van der Waals surface area contributed by atoms with E-state index in [9.17, 15) is 18.0 Å². The fourth-order valence-electron chi connectivity index (χ4n) is 1.96. The molecule has 2 amide bonds. The number of nitrogens with zero attached hydrogens (tertiary/aromatic N) is 2. The maximum Gasteiger partial charge on any atom is 0.247 e. The topological polar surface area (TPSA) is 122 Å². The van der Waals surface area contributed by atoms with Gasteiger partial charge >= 0.3 is 0 Å². The van der Waals surface area contributed by atoms with E-state index < -0.39 is 33.9 Å². The predicted octanol–water partition coefficient (Wildman–Crippen LogP) is -1.03. The zero-order valence-electron chi connectivity index (χ0n) is 11.7. The molecule has 114 valence electrons. The Labute approximate surface area is 122 Å². The van der Waals surface area contributed by atoms with Crippen LogP contribution in [-0.2, 0) is 26.2 Å². The van der Waals surface area contributed by atoms with Crippen LogP contribution in [0.5, 0.6) is 0 Å². The van der Waals surface area contributed by atoms with Gasteiger partial charge in [0.05, 0.1) is 12.2 Å². The number of hydrogen-bond acceptors (Lipinski definition) is 6. The third-order valence-electron chi connectivity index (χ3n) is 3.31. The smallest absolute Gasteiger partial charge is 0.247 e. The van der Waals surface area contributed by atoms with E-state index in [2.05, 4.69) is 10.3 Å². The van der Waals surface area contributed by atoms with E-state index in [4.69, 9.17) is 5.73 Å². The number of piperazine rings is 1. The Hall–Kier alpha value is -1.84. The van der Waals surface area contributed by atoms with Crippen molar-refractivity contribution in [3.05, 3.63) is 24.0 Å². The van der Waals surface area contributed by atoms with Crippen molar-refractivity contribution in [1.82, 2.24) is 14.6 Å². The van der Waals surface area contributed by atoms with Gasteiger partial charge in [-0.15, -0.1) is 0 Å². The molecule has 1 aromatic rings. The van der Waals surface area contributed by atoms with Crippen LogP contribution in [0.3, 0.4) is 0 Å². The number of nitrogens with two attached hydrogens (primary N) is 1. The Bertz CT molecular complexity index is 682. The Morgan fingerprint density at radius 3 is 2.57 bits per heavy atom. The summed E-state index contributed by atoms with van der Waals surface area (Å²) in [5.41, 5.74) is 4.59. The monoisotopic (exact) mass is 312 g/mol. The summed E-state index contributed by atoms with van der Waals surface area (Å²) in [4.78, 5) is 27.2. The standard InChI is InChI=1S/C12H16N4O4S/c1-12(2)11(18)15-10(17)7-16(12)21(19,20)9-4-3-8(5-13)14-6-9/h3-4,6H,5,7,13H2,1-2H3,(H,15,17,18). The van der Waals surface area contributed by atoms with Crippen LogP contribution in [-0.4, -0.2) is 41.6 Å². The number of imide groups is 1. The highest BCUT2D eigenvalue weighted by Gasteiger charge is 2.47. The molecule has 1 aliphatic rings. The van der Waals surface area contributed by atoms with E-state index in [0.717, 1.165) is 4.31 Å². The van der Waals surface area contributed by atoms with Gasteiger partial charge in [-0.3, -0.25) is 19.9 Å². The molecule has 0 atom stereocenters. The van der Waals surface area contributed by atoms with Crippen LogP contribution in [0.25, 0.3) is 0 Å². The molecule has 0 unspecified atom stereocenters. The van der Waals surface area contributed by atoms with Crippen LogP contribution in [0.4, 0.5) is 0 Å². The summed E-state index contributed by atoms with van der Waals surface area (Å²) < 4.78 is 26.1. The van der Waals surface area contributed by atoms with Crippen LogP contribution in [0.1, 0.15) is 19.5 Å². The predicted molar refractivity (Wildman–Crippen MR) is 73.2 cm³/mol. The highest BCUT2D eigenvalue weighted by Crippen LogP contribution is 2.26. The van der Waals surface area contributed by atoms with Gasteiger partial charge in [0.1, 0.15) is 10.4 Å². The minimum atomic E-state index is -4.01. The number of carbonyl (C=O) groups is 2. The summed E-state index contributed by atoms with van der Waals surface area (Å²) >= 11 is 0. The van der Waals surface area contributed by atoms with Crippen molar-refractivity contribution in [3.63, 3.8) is 0 Å². The third kappa shape index (κ3) is 2.67. The lowest BCUT2D eigenvalue weighted by Gasteiger charge is -2.38.